The first-order valence-electron chi connectivity index (χ1n) is 10.7. The summed E-state index contributed by atoms with van der Waals surface area (Å²) in [5, 5.41) is 14.0. The minimum absolute atomic E-state index is 0. The number of anilines is 1. The molecule has 180 valence electrons. The second-order valence-electron chi connectivity index (χ2n) is 8.59. The van der Waals surface area contributed by atoms with Gasteiger partial charge in [-0.05, 0) is 24.6 Å². The van der Waals surface area contributed by atoms with Crippen LogP contribution in [0.5, 0.6) is 5.75 Å². The van der Waals surface area contributed by atoms with E-state index in [0.717, 1.165) is 11.3 Å². The van der Waals surface area contributed by atoms with Crippen LogP contribution in [0.3, 0.4) is 0 Å². The molecule has 0 unspecified atom stereocenters. The Morgan fingerprint density at radius 3 is 2.60 bits per heavy atom. The van der Waals surface area contributed by atoms with Crippen LogP contribution >= 0.6 is 34.5 Å². The third-order valence-corrected chi connectivity index (χ3v) is 8.52. The first kappa shape index (κ1) is 25.9. The molecule has 5 rings (SSSR count). The standard InChI is InChI=1S/C23H22Cl2N4O4S.Li.H/c1-10-16(24)17(25)19(26-10)21(30)28-18-13-8-29(9-14(13)18)23-27-15(20(34-23)22(31)32)7-11-4-3-5-12(6-11)33-2;;/h3-6,13-14,18,26H,7-9H2,1-2H3,(H,28,30)(H,31,32);;/t13-,14+,18+;;. The van der Waals surface area contributed by atoms with Gasteiger partial charge in [-0.2, -0.15) is 0 Å². The van der Waals surface area contributed by atoms with Crippen molar-refractivity contribution in [1.82, 2.24) is 15.3 Å². The number of fused-ring (bicyclic) bond motifs is 1. The molecule has 1 aliphatic carbocycles. The van der Waals surface area contributed by atoms with E-state index in [1.165, 1.54) is 11.3 Å². The summed E-state index contributed by atoms with van der Waals surface area (Å²) in [5.41, 5.74) is 2.41. The third-order valence-electron chi connectivity index (χ3n) is 6.43. The number of H-pyrrole nitrogens is 1. The molecule has 3 N–H and O–H groups in total. The van der Waals surface area contributed by atoms with Crippen LogP contribution in [0.1, 0.15) is 37.1 Å². The van der Waals surface area contributed by atoms with Gasteiger partial charge in [-0.25, -0.2) is 9.78 Å². The van der Waals surface area contributed by atoms with Gasteiger partial charge in [-0.15, -0.1) is 0 Å². The summed E-state index contributed by atoms with van der Waals surface area (Å²) >= 11 is 13.4. The van der Waals surface area contributed by atoms with E-state index in [9.17, 15) is 14.7 Å². The Kier molecular flexibility index (Phi) is 7.46. The summed E-state index contributed by atoms with van der Waals surface area (Å²) < 4.78 is 5.26. The first-order chi connectivity index (χ1) is 16.3. The van der Waals surface area contributed by atoms with Gasteiger partial charge in [-0.3, -0.25) is 4.79 Å². The third kappa shape index (κ3) is 4.93. The molecule has 2 aliphatic rings. The summed E-state index contributed by atoms with van der Waals surface area (Å²) in [6.45, 7) is 3.18. The number of nitrogens with one attached hydrogen (secondary N) is 2. The number of halogens is 2. The summed E-state index contributed by atoms with van der Waals surface area (Å²) in [5.74, 6) is 0.0408. The topological polar surface area (TPSA) is 108 Å². The average molecular weight is 529 g/mol. The molecule has 35 heavy (non-hydrogen) atoms. The van der Waals surface area contributed by atoms with Crippen LogP contribution in [-0.2, 0) is 6.42 Å². The fourth-order valence-corrected chi connectivity index (χ4v) is 5.94. The number of methoxy groups -OCH3 is 1. The van der Waals surface area contributed by atoms with Gasteiger partial charge < -0.3 is 25.0 Å². The van der Waals surface area contributed by atoms with Crippen molar-refractivity contribution in [3.63, 3.8) is 0 Å². The van der Waals surface area contributed by atoms with Crippen LogP contribution < -0.4 is 15.0 Å². The summed E-state index contributed by atoms with van der Waals surface area (Å²) in [4.78, 5) is 34.4. The number of amides is 1. The van der Waals surface area contributed by atoms with Crippen molar-refractivity contribution >= 4 is 70.4 Å². The van der Waals surface area contributed by atoms with E-state index >= 15 is 0 Å². The number of thiazole rings is 1. The van der Waals surface area contributed by atoms with Gasteiger partial charge >= 0.3 is 24.8 Å². The average Bonchev–Trinajstić information content (AvgIpc) is 3.18. The molecule has 2 fully saturated rings. The Bertz CT molecular complexity index is 1280. The Morgan fingerprint density at radius 2 is 2.00 bits per heavy atom. The van der Waals surface area contributed by atoms with E-state index in [1.807, 2.05) is 24.3 Å². The van der Waals surface area contributed by atoms with E-state index in [2.05, 4.69) is 20.2 Å². The molecule has 0 bridgehead atoms. The number of hydrogen-bond acceptors (Lipinski definition) is 6. The number of ether oxygens (including phenoxy) is 1. The van der Waals surface area contributed by atoms with E-state index < -0.39 is 5.97 Å². The number of aromatic nitrogens is 2. The molecule has 3 heterocycles. The quantitative estimate of drug-likeness (QED) is 0.404. The van der Waals surface area contributed by atoms with E-state index in [0.29, 0.717) is 41.1 Å². The predicted octanol–water partition coefficient (Wildman–Crippen LogP) is 3.60. The van der Waals surface area contributed by atoms with Gasteiger partial charge in [0.05, 0.1) is 22.8 Å². The molecule has 1 saturated heterocycles. The Hall–Kier alpha value is -2.15. The van der Waals surface area contributed by atoms with Gasteiger partial charge in [0.2, 0.25) is 0 Å². The molecule has 8 nitrogen and oxygen atoms in total. The number of aromatic carboxylic acids is 1. The van der Waals surface area contributed by atoms with Crippen molar-refractivity contribution in [2.75, 3.05) is 25.1 Å². The molecule has 1 aromatic carbocycles. The minimum atomic E-state index is -0.979. The number of hydrogen-bond donors (Lipinski definition) is 3. The maximum atomic E-state index is 12.6. The fourth-order valence-electron chi connectivity index (χ4n) is 4.59. The molecule has 12 heteroatoms. The maximum absolute atomic E-state index is 12.6. The molecule has 0 spiro atoms. The van der Waals surface area contributed by atoms with Gasteiger partial charge in [0, 0.05) is 43.1 Å². The van der Waals surface area contributed by atoms with Crippen molar-refractivity contribution in [3.05, 3.63) is 61.8 Å². The fraction of sp³-hybridized carbons (Fsp3) is 0.348. The molecule has 1 amide bonds. The van der Waals surface area contributed by atoms with Crippen molar-refractivity contribution in [1.29, 1.82) is 0 Å². The molecule has 0 radical (unpaired) electrons. The number of aromatic amines is 1. The van der Waals surface area contributed by atoms with Crippen molar-refractivity contribution in [3.8, 4) is 5.75 Å². The van der Waals surface area contributed by atoms with Crippen molar-refractivity contribution in [2.24, 2.45) is 11.8 Å². The number of carboxylic acid groups (broad SMARTS) is 1. The summed E-state index contributed by atoms with van der Waals surface area (Å²) in [6, 6.07) is 7.58. The molecule has 3 aromatic rings. The molecular formula is C23H23Cl2LiN4O4S. The van der Waals surface area contributed by atoms with Crippen LogP contribution in [0.2, 0.25) is 10.0 Å². The zero-order chi connectivity index (χ0) is 24.1. The molecule has 3 atom stereocenters. The zero-order valence-electron chi connectivity index (χ0n) is 18.4. The summed E-state index contributed by atoms with van der Waals surface area (Å²) in [7, 11) is 1.60. The number of carbonyl (C=O) groups excluding carboxylic acids is 1. The van der Waals surface area contributed by atoms with Crippen LogP contribution in [-0.4, -0.2) is 72.1 Å². The van der Waals surface area contributed by atoms with Crippen LogP contribution in [0.15, 0.2) is 24.3 Å². The SMILES string of the molecule is COc1cccc(Cc2nc(N3C[C@@H]4[C@H](C3)[C@H]4NC(=O)c3[nH]c(C)c(Cl)c3Cl)sc2C(=O)O)c1.[LiH]. The van der Waals surface area contributed by atoms with Gasteiger partial charge in [-0.1, -0.05) is 46.7 Å². The number of benzene rings is 1. The van der Waals surface area contributed by atoms with Crippen LogP contribution in [0.25, 0.3) is 0 Å². The summed E-state index contributed by atoms with van der Waals surface area (Å²) in [6.07, 6.45) is 0.410. The molecular weight excluding hydrogens is 506 g/mol. The number of piperidine rings is 1. The van der Waals surface area contributed by atoms with E-state index in [4.69, 9.17) is 27.9 Å². The number of aryl methyl sites for hydroxylation is 1. The zero-order valence-corrected chi connectivity index (χ0v) is 20.7. The van der Waals surface area contributed by atoms with Gasteiger partial charge in [0.25, 0.3) is 5.91 Å². The predicted molar refractivity (Wildman–Crippen MR) is 138 cm³/mol. The number of rotatable bonds is 7. The van der Waals surface area contributed by atoms with Crippen LogP contribution in [0, 0.1) is 18.8 Å². The van der Waals surface area contributed by atoms with E-state index in [-0.39, 0.29) is 58.2 Å². The van der Waals surface area contributed by atoms with Gasteiger partial charge in [0.15, 0.2) is 5.13 Å². The second kappa shape index (κ2) is 10.1. The second-order valence-corrected chi connectivity index (χ2v) is 10.3. The number of carboxylic acids is 1. The first-order valence-corrected chi connectivity index (χ1v) is 12.3. The molecule has 1 aliphatic heterocycles. The number of nitrogens with zero attached hydrogens (tertiary/aromatic N) is 2. The number of carbonyl (C=O) groups is 2. The Labute approximate surface area is 228 Å². The van der Waals surface area contributed by atoms with Crippen molar-refractivity contribution in [2.45, 2.75) is 19.4 Å². The Morgan fingerprint density at radius 1 is 1.29 bits per heavy atom. The Balaban J connectivity index is 0.00000289. The monoisotopic (exact) mass is 528 g/mol. The van der Waals surface area contributed by atoms with E-state index in [1.54, 1.807) is 14.0 Å². The van der Waals surface area contributed by atoms with Crippen molar-refractivity contribution < 1.29 is 19.4 Å². The molecule has 2 aromatic heterocycles. The van der Waals surface area contributed by atoms with Crippen LogP contribution in [0.4, 0.5) is 5.13 Å². The normalized spacial score (nSPS) is 20.2. The van der Waals surface area contributed by atoms with Gasteiger partial charge in [0.1, 0.15) is 16.3 Å². The molecule has 1 saturated carbocycles.